The molecule has 0 N–H and O–H groups in total. The maximum absolute atomic E-state index is 5.69. The van der Waals surface area contributed by atoms with Crippen LogP contribution in [-0.4, -0.2) is 15.1 Å². The van der Waals surface area contributed by atoms with Crippen LogP contribution >= 0.6 is 0 Å². The van der Waals surface area contributed by atoms with Crippen LogP contribution in [0.25, 0.3) is 0 Å². The highest BCUT2D eigenvalue weighted by Gasteiger charge is 1.92. The minimum Gasteiger partial charge on any atom is -0.0942 e. The summed E-state index contributed by atoms with van der Waals surface area (Å²) in [5, 5.41) is 0. The average Bonchev–Trinajstić information content (AvgIpc) is 1.94. The van der Waals surface area contributed by atoms with E-state index in [1.54, 1.807) is 0 Å². The highest BCUT2D eigenvalue weighted by Crippen LogP contribution is 1.93. The molecule has 0 heterocycles. The normalized spacial score (nSPS) is 9.30. The Morgan fingerprint density at radius 3 is 2.70 bits per heavy atom. The molecule has 0 saturated heterocycles. The van der Waals surface area contributed by atoms with Crippen LogP contribution in [0.15, 0.2) is 24.3 Å². The van der Waals surface area contributed by atoms with Gasteiger partial charge in [-0.2, -0.15) is 0 Å². The van der Waals surface area contributed by atoms with Crippen LogP contribution in [0.2, 0.25) is 6.82 Å². The van der Waals surface area contributed by atoms with Crippen LogP contribution in [0.4, 0.5) is 0 Å². The maximum Gasteiger partial charge on any atom is 0.114 e. The number of hydrogen-bond donors (Lipinski definition) is 0. The summed E-state index contributed by atoms with van der Waals surface area (Å²) in [7, 11) is 7.79. The Kier molecular flexibility index (Phi) is 2.61. The fourth-order valence-corrected chi connectivity index (χ4v) is 0.940. The molecule has 0 amide bonds. The zero-order chi connectivity index (χ0) is 7.40. The van der Waals surface area contributed by atoms with Gasteiger partial charge in [-0.3, -0.25) is 0 Å². The lowest BCUT2D eigenvalue weighted by molar-refractivity contribution is 1.42. The Bertz CT molecular complexity index is 208. The molecular formula is C8H9B2. The molecular weight excluding hydrogens is 118 g/mol. The topological polar surface area (TPSA) is 0 Å². The summed E-state index contributed by atoms with van der Waals surface area (Å²) >= 11 is 0. The van der Waals surface area contributed by atoms with E-state index in [0.717, 1.165) is 11.8 Å². The fraction of sp³-hybridized carbons (Fsp3) is 0.250. The van der Waals surface area contributed by atoms with Crippen LogP contribution < -0.4 is 5.46 Å². The molecule has 1 aromatic rings. The fourth-order valence-electron chi connectivity index (χ4n) is 0.940. The molecule has 10 heavy (non-hydrogen) atoms. The summed E-state index contributed by atoms with van der Waals surface area (Å²) < 4.78 is 0. The Labute approximate surface area is 64.3 Å². The van der Waals surface area contributed by atoms with Gasteiger partial charge in [0.15, 0.2) is 0 Å². The summed E-state index contributed by atoms with van der Waals surface area (Å²) in [6, 6.07) is 7.94. The second-order valence-electron chi connectivity index (χ2n) is 2.31. The Hall–Kier alpha value is -0.650. The van der Waals surface area contributed by atoms with E-state index in [2.05, 4.69) is 13.3 Å². The zero-order valence-electron chi connectivity index (χ0n) is 6.17. The van der Waals surface area contributed by atoms with Crippen LogP contribution in [0.5, 0.6) is 0 Å². The first-order valence-electron chi connectivity index (χ1n) is 3.46. The first-order valence-corrected chi connectivity index (χ1v) is 3.46. The number of rotatable bonds is 2. The lowest BCUT2D eigenvalue weighted by Crippen LogP contribution is -2.10. The number of benzene rings is 1. The van der Waals surface area contributed by atoms with E-state index in [0.29, 0.717) is 0 Å². The first kappa shape index (κ1) is 7.46. The lowest BCUT2D eigenvalue weighted by Gasteiger charge is -2.01. The summed E-state index contributed by atoms with van der Waals surface area (Å²) in [5.74, 6) is 0. The maximum atomic E-state index is 5.69. The van der Waals surface area contributed by atoms with Crippen molar-refractivity contribution in [2.45, 2.75) is 13.1 Å². The molecule has 0 atom stereocenters. The quantitative estimate of drug-likeness (QED) is 0.513. The third-order valence-corrected chi connectivity index (χ3v) is 1.48. The summed E-state index contributed by atoms with van der Waals surface area (Å²) in [4.78, 5) is 0. The van der Waals surface area contributed by atoms with Crippen molar-refractivity contribution in [3.8, 4) is 0 Å². The van der Waals surface area contributed by atoms with Crippen molar-refractivity contribution in [3.63, 3.8) is 0 Å². The van der Waals surface area contributed by atoms with Gasteiger partial charge < -0.3 is 0 Å². The molecule has 0 nitrogen and oxygen atoms in total. The van der Waals surface area contributed by atoms with Gasteiger partial charge in [-0.15, -0.1) is 0 Å². The monoisotopic (exact) mass is 127 g/mol. The van der Waals surface area contributed by atoms with E-state index in [4.69, 9.17) is 7.85 Å². The molecule has 1 aromatic carbocycles. The standard InChI is InChI=1S/C8H9B2/c1-10-6-7-4-2-3-5-8(7)9/h2-5H,6H2,1H3. The highest BCUT2D eigenvalue weighted by atomic mass is 13.9. The minimum atomic E-state index is 0.889. The van der Waals surface area contributed by atoms with Gasteiger partial charge in [0.1, 0.15) is 15.1 Å². The molecule has 2 heteroatoms. The van der Waals surface area contributed by atoms with Crippen molar-refractivity contribution in [3.05, 3.63) is 29.8 Å². The van der Waals surface area contributed by atoms with Crippen molar-refractivity contribution in [1.29, 1.82) is 0 Å². The van der Waals surface area contributed by atoms with E-state index in [1.807, 2.05) is 25.0 Å². The third-order valence-electron chi connectivity index (χ3n) is 1.48. The van der Waals surface area contributed by atoms with Gasteiger partial charge in [-0.1, -0.05) is 48.4 Å². The number of hydrogen-bond acceptors (Lipinski definition) is 0. The van der Waals surface area contributed by atoms with Crippen LogP contribution in [0, 0.1) is 0 Å². The second-order valence-corrected chi connectivity index (χ2v) is 2.31. The van der Waals surface area contributed by atoms with Gasteiger partial charge in [0.05, 0.1) is 0 Å². The molecule has 0 bridgehead atoms. The Balaban J connectivity index is 2.81. The van der Waals surface area contributed by atoms with Gasteiger partial charge >= 0.3 is 0 Å². The summed E-state index contributed by atoms with van der Waals surface area (Å²) in [6.45, 7) is 2.03. The summed E-state index contributed by atoms with van der Waals surface area (Å²) in [5.41, 5.74) is 2.10. The Morgan fingerprint density at radius 1 is 1.40 bits per heavy atom. The first-order chi connectivity index (χ1) is 4.84. The molecule has 0 aliphatic rings. The molecule has 0 aromatic heterocycles. The van der Waals surface area contributed by atoms with E-state index >= 15 is 0 Å². The highest BCUT2D eigenvalue weighted by molar-refractivity contribution is 6.37. The third kappa shape index (κ3) is 1.66. The van der Waals surface area contributed by atoms with E-state index in [1.165, 1.54) is 5.56 Å². The molecule has 0 saturated carbocycles. The predicted octanol–water partition coefficient (Wildman–Crippen LogP) is 0.733. The van der Waals surface area contributed by atoms with Gasteiger partial charge in [-0.05, 0) is 0 Å². The molecule has 0 aliphatic heterocycles. The van der Waals surface area contributed by atoms with Gasteiger partial charge in [0, 0.05) is 0 Å². The van der Waals surface area contributed by atoms with Crippen molar-refractivity contribution in [2.75, 3.05) is 0 Å². The summed E-state index contributed by atoms with van der Waals surface area (Å²) in [6.07, 6.45) is 0.965. The predicted molar refractivity (Wildman–Crippen MR) is 47.2 cm³/mol. The molecule has 47 valence electrons. The van der Waals surface area contributed by atoms with Gasteiger partial charge in [0.25, 0.3) is 0 Å². The van der Waals surface area contributed by atoms with Gasteiger partial charge in [0.2, 0.25) is 0 Å². The average molecular weight is 127 g/mol. The molecule has 0 fully saturated rings. The van der Waals surface area contributed by atoms with Crippen LogP contribution in [0.3, 0.4) is 0 Å². The SMILES string of the molecule is [B]c1ccccc1C[B]C. The van der Waals surface area contributed by atoms with Crippen molar-refractivity contribution in [2.24, 2.45) is 0 Å². The molecule has 0 unspecified atom stereocenters. The van der Waals surface area contributed by atoms with Gasteiger partial charge in [-0.25, -0.2) is 0 Å². The van der Waals surface area contributed by atoms with Crippen molar-refractivity contribution in [1.82, 2.24) is 0 Å². The van der Waals surface area contributed by atoms with Crippen LogP contribution in [0.1, 0.15) is 5.56 Å². The largest absolute Gasteiger partial charge is 0.114 e. The molecule has 0 spiro atoms. The molecule has 3 radical (unpaired) electrons. The Morgan fingerprint density at radius 2 is 2.10 bits per heavy atom. The van der Waals surface area contributed by atoms with E-state index in [9.17, 15) is 0 Å². The van der Waals surface area contributed by atoms with E-state index in [-0.39, 0.29) is 0 Å². The van der Waals surface area contributed by atoms with Crippen molar-refractivity contribution < 1.29 is 0 Å². The smallest absolute Gasteiger partial charge is 0.0942 e. The van der Waals surface area contributed by atoms with E-state index < -0.39 is 0 Å². The minimum absolute atomic E-state index is 0.889. The zero-order valence-corrected chi connectivity index (χ0v) is 6.17. The second kappa shape index (κ2) is 3.50. The van der Waals surface area contributed by atoms with Crippen LogP contribution in [-0.2, 0) is 6.32 Å². The lowest BCUT2D eigenvalue weighted by atomic mass is 9.72. The molecule has 1 rings (SSSR count). The van der Waals surface area contributed by atoms with Crippen molar-refractivity contribution >= 4 is 20.6 Å². The molecule has 0 aliphatic carbocycles.